The van der Waals surface area contributed by atoms with E-state index in [0.717, 1.165) is 42.7 Å². The van der Waals surface area contributed by atoms with Crippen molar-refractivity contribution < 1.29 is 9.59 Å². The van der Waals surface area contributed by atoms with Gasteiger partial charge in [0.2, 0.25) is 5.91 Å². The van der Waals surface area contributed by atoms with Gasteiger partial charge < -0.3 is 20.1 Å². The van der Waals surface area contributed by atoms with E-state index in [-0.39, 0.29) is 17.9 Å². The summed E-state index contributed by atoms with van der Waals surface area (Å²) in [5, 5.41) is 3.52. The maximum absolute atomic E-state index is 13.2. The second-order valence-corrected chi connectivity index (χ2v) is 9.25. The summed E-state index contributed by atoms with van der Waals surface area (Å²) in [5.74, 6) is 1.26. The molecule has 2 fully saturated rings. The van der Waals surface area contributed by atoms with Gasteiger partial charge in [0.15, 0.2) is 5.65 Å². The number of carbonyl (C=O) groups is 2. The van der Waals surface area contributed by atoms with Gasteiger partial charge in [-0.1, -0.05) is 11.6 Å². The number of piperidine rings is 2. The molecule has 33 heavy (non-hydrogen) atoms. The Morgan fingerprint density at radius 1 is 1.03 bits per heavy atom. The van der Waals surface area contributed by atoms with E-state index in [1.165, 1.54) is 0 Å². The molecule has 3 aromatic rings. The van der Waals surface area contributed by atoms with Crippen LogP contribution in [0.2, 0.25) is 5.02 Å². The number of halogens is 1. The third-order valence-electron chi connectivity index (χ3n) is 6.62. The molecule has 9 heteroatoms. The van der Waals surface area contributed by atoms with Crippen molar-refractivity contribution >= 4 is 40.4 Å². The van der Waals surface area contributed by atoms with Crippen molar-refractivity contribution in [3.05, 3.63) is 53.4 Å². The van der Waals surface area contributed by atoms with Crippen LogP contribution >= 0.6 is 11.6 Å². The SMILES string of the molecule is O=C(Nc1ccc(Cl)cc1)N1CCCC(C(=O)N2CCC(c3nc4ncccc4[nH]3)CC2)C1. The van der Waals surface area contributed by atoms with Gasteiger partial charge in [-0.2, -0.15) is 0 Å². The Bertz CT molecular complexity index is 1110. The Morgan fingerprint density at radius 3 is 2.58 bits per heavy atom. The number of H-pyrrole nitrogens is 1. The summed E-state index contributed by atoms with van der Waals surface area (Å²) in [6.07, 6.45) is 5.14. The number of nitrogens with one attached hydrogen (secondary N) is 2. The average Bonchev–Trinajstić information content (AvgIpc) is 3.29. The van der Waals surface area contributed by atoms with Gasteiger partial charge in [-0.25, -0.2) is 14.8 Å². The van der Waals surface area contributed by atoms with E-state index in [1.54, 1.807) is 35.4 Å². The number of urea groups is 1. The van der Waals surface area contributed by atoms with Crippen molar-refractivity contribution in [2.24, 2.45) is 5.92 Å². The maximum atomic E-state index is 13.2. The number of pyridine rings is 1. The number of nitrogens with zero attached hydrogens (tertiary/aromatic N) is 4. The zero-order valence-electron chi connectivity index (χ0n) is 18.3. The highest BCUT2D eigenvalue weighted by molar-refractivity contribution is 6.30. The van der Waals surface area contributed by atoms with Gasteiger partial charge in [0.1, 0.15) is 5.82 Å². The van der Waals surface area contributed by atoms with Crippen LogP contribution in [0, 0.1) is 5.92 Å². The lowest BCUT2D eigenvalue weighted by Gasteiger charge is -2.37. The quantitative estimate of drug-likeness (QED) is 0.603. The van der Waals surface area contributed by atoms with Crippen LogP contribution in [0.4, 0.5) is 10.5 Å². The van der Waals surface area contributed by atoms with Crippen molar-refractivity contribution in [2.45, 2.75) is 31.6 Å². The van der Waals surface area contributed by atoms with Crippen LogP contribution in [0.3, 0.4) is 0 Å². The van der Waals surface area contributed by atoms with Crippen LogP contribution in [0.25, 0.3) is 11.2 Å². The Labute approximate surface area is 197 Å². The fourth-order valence-corrected chi connectivity index (χ4v) is 4.91. The highest BCUT2D eigenvalue weighted by Crippen LogP contribution is 2.29. The summed E-state index contributed by atoms with van der Waals surface area (Å²) in [6, 6.07) is 10.7. The molecule has 3 amide bonds. The second kappa shape index (κ2) is 9.39. The number of fused-ring (bicyclic) bond motifs is 1. The minimum Gasteiger partial charge on any atom is -0.342 e. The van der Waals surface area contributed by atoms with Crippen LogP contribution in [-0.4, -0.2) is 62.9 Å². The highest BCUT2D eigenvalue weighted by Gasteiger charge is 2.33. The van der Waals surface area contributed by atoms with Crippen molar-refractivity contribution in [1.29, 1.82) is 0 Å². The number of hydrogen-bond acceptors (Lipinski definition) is 4. The van der Waals surface area contributed by atoms with Crippen molar-refractivity contribution in [3.63, 3.8) is 0 Å². The fourth-order valence-electron chi connectivity index (χ4n) is 4.79. The molecule has 0 saturated carbocycles. The van der Waals surface area contributed by atoms with Crippen LogP contribution < -0.4 is 5.32 Å². The smallest absolute Gasteiger partial charge is 0.321 e. The summed E-state index contributed by atoms with van der Waals surface area (Å²) in [7, 11) is 0. The third kappa shape index (κ3) is 4.80. The largest absolute Gasteiger partial charge is 0.342 e. The fraction of sp³-hybridized carbons (Fsp3) is 0.417. The monoisotopic (exact) mass is 466 g/mol. The number of carbonyl (C=O) groups excluding carboxylic acids is 2. The molecule has 5 rings (SSSR count). The Morgan fingerprint density at radius 2 is 1.82 bits per heavy atom. The van der Waals surface area contributed by atoms with Gasteiger partial charge >= 0.3 is 6.03 Å². The molecular formula is C24H27ClN6O2. The zero-order chi connectivity index (χ0) is 22.8. The first-order valence-electron chi connectivity index (χ1n) is 11.5. The molecule has 2 saturated heterocycles. The van der Waals surface area contributed by atoms with E-state index in [9.17, 15) is 9.59 Å². The minimum absolute atomic E-state index is 0.151. The molecule has 0 bridgehead atoms. The number of hydrogen-bond donors (Lipinski definition) is 2. The van der Waals surface area contributed by atoms with E-state index < -0.39 is 0 Å². The Balaban J connectivity index is 1.16. The summed E-state index contributed by atoms with van der Waals surface area (Å²) < 4.78 is 0. The van der Waals surface area contributed by atoms with Crippen LogP contribution in [-0.2, 0) is 4.79 Å². The summed E-state index contributed by atoms with van der Waals surface area (Å²) in [4.78, 5) is 42.0. The number of benzene rings is 1. The first-order valence-corrected chi connectivity index (χ1v) is 11.9. The molecule has 2 aliphatic heterocycles. The predicted molar refractivity (Wildman–Crippen MR) is 127 cm³/mol. The van der Waals surface area contributed by atoms with Crippen LogP contribution in [0.5, 0.6) is 0 Å². The average molecular weight is 467 g/mol. The number of aromatic nitrogens is 3. The molecule has 0 aliphatic carbocycles. The molecule has 1 aromatic carbocycles. The lowest BCUT2D eigenvalue weighted by molar-refractivity contribution is -0.138. The Kier molecular flexibility index (Phi) is 6.17. The van der Waals surface area contributed by atoms with E-state index in [4.69, 9.17) is 11.6 Å². The van der Waals surface area contributed by atoms with Gasteiger partial charge in [-0.15, -0.1) is 0 Å². The van der Waals surface area contributed by atoms with Gasteiger partial charge in [0.05, 0.1) is 11.4 Å². The van der Waals surface area contributed by atoms with Crippen molar-refractivity contribution in [3.8, 4) is 0 Å². The van der Waals surface area contributed by atoms with Crippen molar-refractivity contribution in [2.75, 3.05) is 31.5 Å². The summed E-state index contributed by atoms with van der Waals surface area (Å²) in [6.45, 7) is 2.53. The number of anilines is 1. The Hall–Kier alpha value is -3.13. The molecule has 0 spiro atoms. The highest BCUT2D eigenvalue weighted by atomic mass is 35.5. The molecule has 172 valence electrons. The number of amides is 3. The normalized spacial score (nSPS) is 19.6. The number of rotatable bonds is 3. The van der Waals surface area contributed by atoms with Crippen LogP contribution in [0.15, 0.2) is 42.6 Å². The van der Waals surface area contributed by atoms with Crippen LogP contribution in [0.1, 0.15) is 37.4 Å². The maximum Gasteiger partial charge on any atom is 0.321 e. The molecule has 0 radical (unpaired) electrons. The molecule has 2 N–H and O–H groups in total. The molecule has 1 unspecified atom stereocenters. The van der Waals surface area contributed by atoms with Crippen molar-refractivity contribution in [1.82, 2.24) is 24.8 Å². The minimum atomic E-state index is -0.174. The molecule has 8 nitrogen and oxygen atoms in total. The molecule has 2 aromatic heterocycles. The van der Waals surface area contributed by atoms with E-state index in [0.29, 0.717) is 42.8 Å². The number of likely N-dealkylation sites (tertiary alicyclic amines) is 2. The van der Waals surface area contributed by atoms with E-state index in [1.807, 2.05) is 17.0 Å². The number of imidazole rings is 1. The first kappa shape index (κ1) is 21.7. The molecule has 2 aliphatic rings. The standard InChI is InChI=1S/C24H27ClN6O2/c25-18-5-7-19(8-6-18)27-24(33)31-12-2-3-17(15-31)23(32)30-13-9-16(10-14-30)21-28-20-4-1-11-26-22(20)29-21/h1,4-8,11,16-17H,2-3,9-10,12-15H2,(H,27,33)(H,26,28,29). The number of aromatic amines is 1. The van der Waals surface area contributed by atoms with E-state index in [2.05, 4.69) is 20.3 Å². The van der Waals surface area contributed by atoms with Gasteiger partial charge in [-0.3, -0.25) is 4.79 Å². The molecule has 1 atom stereocenters. The third-order valence-corrected chi connectivity index (χ3v) is 6.87. The lowest BCUT2D eigenvalue weighted by atomic mass is 9.92. The van der Waals surface area contributed by atoms with Gasteiger partial charge in [-0.05, 0) is 62.1 Å². The van der Waals surface area contributed by atoms with Gasteiger partial charge in [0.25, 0.3) is 0 Å². The second-order valence-electron chi connectivity index (χ2n) is 8.82. The lowest BCUT2D eigenvalue weighted by Crippen LogP contribution is -2.49. The first-order chi connectivity index (χ1) is 16.1. The summed E-state index contributed by atoms with van der Waals surface area (Å²) in [5.41, 5.74) is 2.39. The van der Waals surface area contributed by atoms with Gasteiger partial charge in [0, 0.05) is 49.0 Å². The molecular weight excluding hydrogens is 440 g/mol. The zero-order valence-corrected chi connectivity index (χ0v) is 19.1. The predicted octanol–water partition coefficient (Wildman–Crippen LogP) is 4.26. The summed E-state index contributed by atoms with van der Waals surface area (Å²) >= 11 is 5.91. The van der Waals surface area contributed by atoms with E-state index >= 15 is 0 Å². The topological polar surface area (TPSA) is 94.2 Å². The molecule has 4 heterocycles.